The Bertz CT molecular complexity index is 1010. The number of ether oxygens (including phenoxy) is 1. The number of carbonyl (C=O) groups excluding carboxylic acids is 1. The summed E-state index contributed by atoms with van der Waals surface area (Å²) in [6.07, 6.45) is 0.372. The van der Waals surface area contributed by atoms with Crippen molar-refractivity contribution in [3.8, 4) is 5.75 Å². The summed E-state index contributed by atoms with van der Waals surface area (Å²) < 4.78 is 5.39. The fourth-order valence-electron chi connectivity index (χ4n) is 3.15. The second-order valence-corrected chi connectivity index (χ2v) is 5.63. The van der Waals surface area contributed by atoms with E-state index in [2.05, 4.69) is 42.5 Å². The molecule has 0 unspecified atom stereocenters. The molecule has 4 rings (SSSR count). The highest BCUT2D eigenvalue weighted by Crippen LogP contribution is 2.36. The summed E-state index contributed by atoms with van der Waals surface area (Å²) in [5.41, 5.74) is 0. The van der Waals surface area contributed by atoms with Gasteiger partial charge in [0.15, 0.2) is 0 Å². The van der Waals surface area contributed by atoms with Crippen molar-refractivity contribution in [1.29, 1.82) is 0 Å². The highest BCUT2D eigenvalue weighted by Gasteiger charge is 2.10. The minimum absolute atomic E-state index is 0.213. The third-order valence-corrected chi connectivity index (χ3v) is 4.24. The summed E-state index contributed by atoms with van der Waals surface area (Å²) in [5.74, 6) is 0.388. The predicted molar refractivity (Wildman–Crippen MR) is 94.9 cm³/mol. The smallest absolute Gasteiger partial charge is 0.310 e. The summed E-state index contributed by atoms with van der Waals surface area (Å²) >= 11 is 0. The van der Waals surface area contributed by atoms with Crippen LogP contribution in [0.25, 0.3) is 32.3 Å². The van der Waals surface area contributed by atoms with Gasteiger partial charge in [-0.15, -0.1) is 0 Å². The van der Waals surface area contributed by atoms with Crippen molar-refractivity contribution in [2.45, 2.75) is 13.3 Å². The van der Waals surface area contributed by atoms with Gasteiger partial charge in [-0.1, -0.05) is 61.5 Å². The minimum atomic E-state index is -0.213. The molecule has 0 atom stereocenters. The molecule has 0 spiro atoms. The summed E-state index contributed by atoms with van der Waals surface area (Å²) in [4.78, 5) is 11.6. The molecule has 0 saturated carbocycles. The van der Waals surface area contributed by atoms with Crippen LogP contribution in [-0.4, -0.2) is 5.97 Å². The summed E-state index contributed by atoms with van der Waals surface area (Å²) in [7, 11) is 0. The van der Waals surface area contributed by atoms with Gasteiger partial charge in [-0.3, -0.25) is 4.79 Å². The van der Waals surface area contributed by atoms with Gasteiger partial charge in [0.25, 0.3) is 0 Å². The van der Waals surface area contributed by atoms with E-state index in [1.807, 2.05) is 24.3 Å². The van der Waals surface area contributed by atoms with Gasteiger partial charge >= 0.3 is 5.97 Å². The van der Waals surface area contributed by atoms with E-state index in [0.29, 0.717) is 12.2 Å². The van der Waals surface area contributed by atoms with Crippen LogP contribution in [0.2, 0.25) is 0 Å². The number of benzene rings is 4. The standard InChI is InChI=1S/C21H16O2/c1-2-21(22)23-14-11-12-19-17-9-4-3-7-15(17)16-8-5-6-10-18(16)20(19)13-14/h3-13H,2H2,1H3. The summed E-state index contributed by atoms with van der Waals surface area (Å²) in [6, 6.07) is 22.7. The Morgan fingerprint density at radius 2 is 1.22 bits per heavy atom. The van der Waals surface area contributed by atoms with E-state index in [1.54, 1.807) is 6.92 Å². The first-order valence-corrected chi connectivity index (χ1v) is 7.82. The number of carbonyl (C=O) groups is 1. The molecule has 0 radical (unpaired) electrons. The van der Waals surface area contributed by atoms with E-state index in [4.69, 9.17) is 4.74 Å². The highest BCUT2D eigenvalue weighted by molar-refractivity contribution is 6.25. The van der Waals surface area contributed by atoms with Gasteiger partial charge < -0.3 is 4.74 Å². The zero-order chi connectivity index (χ0) is 15.8. The molecule has 0 bridgehead atoms. The van der Waals surface area contributed by atoms with Crippen molar-refractivity contribution in [1.82, 2.24) is 0 Å². The second kappa shape index (κ2) is 5.40. The number of esters is 1. The Hall–Kier alpha value is -2.87. The average molecular weight is 300 g/mol. The molecule has 23 heavy (non-hydrogen) atoms. The largest absolute Gasteiger partial charge is 0.427 e. The molecule has 0 aliphatic rings. The normalized spacial score (nSPS) is 11.2. The Labute approximate surface area is 134 Å². The lowest BCUT2D eigenvalue weighted by Gasteiger charge is -2.11. The number of fused-ring (bicyclic) bond motifs is 6. The third kappa shape index (κ3) is 2.23. The van der Waals surface area contributed by atoms with Gasteiger partial charge in [-0.2, -0.15) is 0 Å². The number of rotatable bonds is 2. The molecular weight excluding hydrogens is 284 g/mol. The molecule has 0 amide bonds. The van der Waals surface area contributed by atoms with Crippen molar-refractivity contribution in [3.63, 3.8) is 0 Å². The Balaban J connectivity index is 2.10. The molecule has 0 aliphatic heterocycles. The van der Waals surface area contributed by atoms with Crippen LogP contribution in [0.3, 0.4) is 0 Å². The van der Waals surface area contributed by atoms with Crippen LogP contribution < -0.4 is 4.74 Å². The van der Waals surface area contributed by atoms with Crippen LogP contribution in [0.5, 0.6) is 5.75 Å². The molecule has 2 heteroatoms. The van der Waals surface area contributed by atoms with E-state index < -0.39 is 0 Å². The lowest BCUT2D eigenvalue weighted by molar-refractivity contribution is -0.134. The maximum Gasteiger partial charge on any atom is 0.310 e. The van der Waals surface area contributed by atoms with Crippen molar-refractivity contribution >= 4 is 38.3 Å². The SMILES string of the molecule is CCC(=O)Oc1ccc2c3ccccc3c3ccccc3c2c1. The Morgan fingerprint density at radius 1 is 0.739 bits per heavy atom. The average Bonchev–Trinajstić information content (AvgIpc) is 2.62. The van der Waals surface area contributed by atoms with Crippen LogP contribution >= 0.6 is 0 Å². The van der Waals surface area contributed by atoms with Crippen LogP contribution in [0, 0.1) is 0 Å². The van der Waals surface area contributed by atoms with E-state index in [9.17, 15) is 4.79 Å². The first-order chi connectivity index (χ1) is 11.3. The maximum atomic E-state index is 11.6. The second-order valence-electron chi connectivity index (χ2n) is 5.63. The van der Waals surface area contributed by atoms with Gasteiger partial charge in [0, 0.05) is 6.42 Å². The molecule has 0 fully saturated rings. The monoisotopic (exact) mass is 300 g/mol. The van der Waals surface area contributed by atoms with E-state index >= 15 is 0 Å². The Morgan fingerprint density at radius 3 is 1.74 bits per heavy atom. The van der Waals surface area contributed by atoms with E-state index in [-0.39, 0.29) is 5.97 Å². The molecule has 0 aliphatic carbocycles. The molecule has 112 valence electrons. The summed E-state index contributed by atoms with van der Waals surface area (Å²) in [5, 5.41) is 7.14. The fraction of sp³-hybridized carbons (Fsp3) is 0.0952. The Kier molecular flexibility index (Phi) is 3.23. The first kappa shape index (κ1) is 13.8. The van der Waals surface area contributed by atoms with E-state index in [0.717, 1.165) is 5.39 Å². The van der Waals surface area contributed by atoms with Crippen molar-refractivity contribution < 1.29 is 9.53 Å². The minimum Gasteiger partial charge on any atom is -0.427 e. The third-order valence-electron chi connectivity index (χ3n) is 4.24. The van der Waals surface area contributed by atoms with Crippen LogP contribution in [-0.2, 0) is 4.79 Å². The van der Waals surface area contributed by atoms with Gasteiger partial charge in [0.05, 0.1) is 0 Å². The van der Waals surface area contributed by atoms with Crippen LogP contribution in [0.4, 0.5) is 0 Å². The lowest BCUT2D eigenvalue weighted by Crippen LogP contribution is -2.05. The molecule has 4 aromatic rings. The van der Waals surface area contributed by atoms with Crippen LogP contribution in [0.1, 0.15) is 13.3 Å². The molecule has 0 aromatic heterocycles. The van der Waals surface area contributed by atoms with Crippen LogP contribution in [0.15, 0.2) is 66.7 Å². The van der Waals surface area contributed by atoms with Gasteiger partial charge in [0.1, 0.15) is 5.75 Å². The zero-order valence-electron chi connectivity index (χ0n) is 12.9. The molecule has 0 heterocycles. The molecular formula is C21H16O2. The fourth-order valence-corrected chi connectivity index (χ4v) is 3.15. The van der Waals surface area contributed by atoms with Crippen molar-refractivity contribution in [2.24, 2.45) is 0 Å². The molecule has 4 aromatic carbocycles. The van der Waals surface area contributed by atoms with Crippen molar-refractivity contribution in [2.75, 3.05) is 0 Å². The lowest BCUT2D eigenvalue weighted by atomic mass is 9.94. The highest BCUT2D eigenvalue weighted by atomic mass is 16.5. The zero-order valence-corrected chi connectivity index (χ0v) is 12.9. The number of hydrogen-bond donors (Lipinski definition) is 0. The topological polar surface area (TPSA) is 26.3 Å². The molecule has 0 N–H and O–H groups in total. The number of hydrogen-bond acceptors (Lipinski definition) is 2. The maximum absolute atomic E-state index is 11.6. The van der Waals surface area contributed by atoms with E-state index in [1.165, 1.54) is 26.9 Å². The first-order valence-electron chi connectivity index (χ1n) is 7.82. The molecule has 0 saturated heterocycles. The quantitative estimate of drug-likeness (QED) is 0.279. The van der Waals surface area contributed by atoms with Gasteiger partial charge in [0.2, 0.25) is 0 Å². The van der Waals surface area contributed by atoms with Crippen molar-refractivity contribution in [3.05, 3.63) is 66.7 Å². The molecule has 2 nitrogen and oxygen atoms in total. The van der Waals surface area contributed by atoms with Gasteiger partial charge in [-0.05, 0) is 44.5 Å². The van der Waals surface area contributed by atoms with Gasteiger partial charge in [-0.25, -0.2) is 0 Å². The summed E-state index contributed by atoms with van der Waals surface area (Å²) in [6.45, 7) is 1.80. The predicted octanol–water partition coefficient (Wildman–Crippen LogP) is 5.46.